The Morgan fingerprint density at radius 3 is 2.89 bits per heavy atom. The van der Waals surface area contributed by atoms with Gasteiger partial charge in [0.25, 0.3) is 0 Å². The summed E-state index contributed by atoms with van der Waals surface area (Å²) in [5.74, 6) is 0.292. The summed E-state index contributed by atoms with van der Waals surface area (Å²) in [5.41, 5.74) is 0. The third kappa shape index (κ3) is 1.81. The number of alkyl halides is 1. The van der Waals surface area contributed by atoms with E-state index in [1.54, 1.807) is 4.90 Å². The second-order valence-corrected chi connectivity index (χ2v) is 4.17. The molecule has 1 heterocycles. The summed E-state index contributed by atoms with van der Waals surface area (Å²) in [6.07, 6.45) is 1.89. The van der Waals surface area contributed by atoms with Crippen molar-refractivity contribution in [2.45, 2.75) is 16.8 Å². The van der Waals surface area contributed by atoms with Crippen molar-refractivity contribution in [3.8, 4) is 0 Å². The number of hydrogen-bond donors (Lipinski definition) is 0. The Hall–Kier alpha value is 0.200. The predicted molar refractivity (Wildman–Crippen MR) is 44.7 cm³/mol. The summed E-state index contributed by atoms with van der Waals surface area (Å²) in [5, 5.41) is 0. The topological polar surface area (TPSA) is 20.3 Å². The number of carbonyl (C=O) groups is 1. The summed E-state index contributed by atoms with van der Waals surface area (Å²) >= 11 is 2.33. The molecule has 0 aromatic carbocycles. The Balaban J connectivity index is 2.44. The zero-order valence-corrected chi connectivity index (χ0v) is 7.59. The van der Waals surface area contributed by atoms with Gasteiger partial charge >= 0.3 is 0 Å². The van der Waals surface area contributed by atoms with Gasteiger partial charge in [-0.25, -0.2) is 0 Å². The first-order chi connectivity index (χ1) is 4.20. The number of hydrogen-bond acceptors (Lipinski definition) is 1. The van der Waals surface area contributed by atoms with Crippen LogP contribution >= 0.6 is 22.6 Å². The fraction of sp³-hybridized carbons (Fsp3) is 0.833. The average Bonchev–Trinajstić information content (AvgIpc) is 1.80. The Kier molecular flexibility index (Phi) is 2.32. The maximum Gasteiger partial charge on any atom is 0.223 e. The molecule has 0 radical (unpaired) electrons. The van der Waals surface area contributed by atoms with E-state index in [1.807, 2.05) is 7.05 Å². The van der Waals surface area contributed by atoms with Gasteiger partial charge in [0.2, 0.25) is 5.91 Å². The van der Waals surface area contributed by atoms with Gasteiger partial charge < -0.3 is 4.90 Å². The van der Waals surface area contributed by atoms with Crippen molar-refractivity contribution in [3.05, 3.63) is 0 Å². The van der Waals surface area contributed by atoms with Gasteiger partial charge in [0.05, 0.1) is 0 Å². The van der Waals surface area contributed by atoms with Crippen LogP contribution in [0.25, 0.3) is 0 Å². The lowest BCUT2D eigenvalue weighted by atomic mass is 10.1. The smallest absolute Gasteiger partial charge is 0.223 e. The molecule has 0 saturated carbocycles. The molecular formula is C6H10INO. The van der Waals surface area contributed by atoms with E-state index in [1.165, 1.54) is 0 Å². The van der Waals surface area contributed by atoms with Gasteiger partial charge in [-0.2, -0.15) is 0 Å². The third-order valence-electron chi connectivity index (χ3n) is 1.60. The molecule has 0 N–H and O–H groups in total. The molecule has 52 valence electrons. The van der Waals surface area contributed by atoms with E-state index >= 15 is 0 Å². The number of amides is 1. The standard InChI is InChI=1S/C6H10INO/c1-8-3-2-5(7)4-6(8)9/h5H,2-4H2,1H3. The van der Waals surface area contributed by atoms with Crippen molar-refractivity contribution in [1.82, 2.24) is 4.90 Å². The van der Waals surface area contributed by atoms with E-state index in [0.29, 0.717) is 9.83 Å². The van der Waals surface area contributed by atoms with Gasteiger partial charge in [-0.3, -0.25) is 4.79 Å². The largest absolute Gasteiger partial charge is 0.346 e. The minimum atomic E-state index is 0.292. The zero-order chi connectivity index (χ0) is 6.85. The van der Waals surface area contributed by atoms with E-state index in [4.69, 9.17) is 0 Å². The minimum Gasteiger partial charge on any atom is -0.346 e. The molecular weight excluding hydrogens is 229 g/mol. The van der Waals surface area contributed by atoms with E-state index in [2.05, 4.69) is 22.6 Å². The Labute approximate surface area is 68.7 Å². The number of piperidine rings is 1. The number of likely N-dealkylation sites (tertiary alicyclic amines) is 1. The lowest BCUT2D eigenvalue weighted by Crippen LogP contribution is -2.35. The quantitative estimate of drug-likeness (QED) is 0.457. The first-order valence-corrected chi connectivity index (χ1v) is 4.33. The molecule has 1 fully saturated rings. The van der Waals surface area contributed by atoms with Gasteiger partial charge in [-0.1, -0.05) is 22.6 Å². The molecule has 1 atom stereocenters. The van der Waals surface area contributed by atoms with Crippen LogP contribution in [0.15, 0.2) is 0 Å². The highest BCUT2D eigenvalue weighted by Crippen LogP contribution is 2.17. The SMILES string of the molecule is CN1CCC(I)CC1=O. The summed E-state index contributed by atoms with van der Waals surface area (Å²) in [7, 11) is 1.87. The van der Waals surface area contributed by atoms with Gasteiger partial charge in [-0.15, -0.1) is 0 Å². The van der Waals surface area contributed by atoms with E-state index < -0.39 is 0 Å². The van der Waals surface area contributed by atoms with Crippen molar-refractivity contribution >= 4 is 28.5 Å². The van der Waals surface area contributed by atoms with Crippen molar-refractivity contribution in [2.75, 3.05) is 13.6 Å². The Morgan fingerprint density at radius 2 is 2.44 bits per heavy atom. The van der Waals surface area contributed by atoms with Crippen LogP contribution in [0.4, 0.5) is 0 Å². The molecule has 3 heteroatoms. The van der Waals surface area contributed by atoms with Crippen LogP contribution in [0.5, 0.6) is 0 Å². The van der Waals surface area contributed by atoms with Crippen LogP contribution in [0.2, 0.25) is 0 Å². The van der Waals surface area contributed by atoms with Crippen LogP contribution in [0.3, 0.4) is 0 Å². The normalized spacial score (nSPS) is 28.9. The van der Waals surface area contributed by atoms with Gasteiger partial charge in [-0.05, 0) is 6.42 Å². The Morgan fingerprint density at radius 1 is 1.78 bits per heavy atom. The average molecular weight is 239 g/mol. The van der Waals surface area contributed by atoms with Crippen LogP contribution in [-0.2, 0) is 4.79 Å². The van der Waals surface area contributed by atoms with Gasteiger partial charge in [0.1, 0.15) is 0 Å². The van der Waals surface area contributed by atoms with Crippen LogP contribution in [0, 0.1) is 0 Å². The molecule has 1 unspecified atom stereocenters. The van der Waals surface area contributed by atoms with Crippen LogP contribution < -0.4 is 0 Å². The monoisotopic (exact) mass is 239 g/mol. The highest BCUT2D eigenvalue weighted by Gasteiger charge is 2.20. The van der Waals surface area contributed by atoms with Gasteiger partial charge in [0, 0.05) is 23.9 Å². The number of halogens is 1. The molecule has 0 spiro atoms. The number of rotatable bonds is 0. The highest BCUT2D eigenvalue weighted by molar-refractivity contribution is 14.1. The van der Waals surface area contributed by atoms with Crippen molar-refractivity contribution in [1.29, 1.82) is 0 Å². The first kappa shape index (κ1) is 7.31. The van der Waals surface area contributed by atoms with Crippen molar-refractivity contribution in [2.24, 2.45) is 0 Å². The lowest BCUT2D eigenvalue weighted by molar-refractivity contribution is -0.131. The second kappa shape index (κ2) is 2.86. The van der Waals surface area contributed by atoms with E-state index in [9.17, 15) is 4.79 Å². The number of carbonyl (C=O) groups excluding carboxylic acids is 1. The van der Waals surface area contributed by atoms with Crippen LogP contribution in [0.1, 0.15) is 12.8 Å². The summed E-state index contributed by atoms with van der Waals surface area (Å²) in [4.78, 5) is 12.7. The van der Waals surface area contributed by atoms with Crippen LogP contribution in [-0.4, -0.2) is 28.3 Å². The molecule has 1 rings (SSSR count). The third-order valence-corrected chi connectivity index (χ3v) is 2.66. The number of nitrogens with zero attached hydrogens (tertiary/aromatic N) is 1. The Bertz CT molecular complexity index is 126. The van der Waals surface area contributed by atoms with Gasteiger partial charge in [0.15, 0.2) is 0 Å². The maximum absolute atomic E-state index is 10.9. The maximum atomic E-state index is 10.9. The highest BCUT2D eigenvalue weighted by atomic mass is 127. The lowest BCUT2D eigenvalue weighted by Gasteiger charge is -2.25. The molecule has 0 aromatic rings. The zero-order valence-electron chi connectivity index (χ0n) is 5.43. The van der Waals surface area contributed by atoms with E-state index in [-0.39, 0.29) is 0 Å². The molecule has 1 aliphatic rings. The molecule has 0 aliphatic carbocycles. The summed E-state index contributed by atoms with van der Waals surface area (Å²) in [6.45, 7) is 0.937. The van der Waals surface area contributed by atoms with E-state index in [0.717, 1.165) is 19.4 Å². The summed E-state index contributed by atoms with van der Waals surface area (Å²) in [6, 6.07) is 0. The molecule has 2 nitrogen and oxygen atoms in total. The first-order valence-electron chi connectivity index (χ1n) is 3.08. The molecule has 0 aromatic heterocycles. The van der Waals surface area contributed by atoms with Crippen molar-refractivity contribution < 1.29 is 4.79 Å². The fourth-order valence-electron chi connectivity index (χ4n) is 0.906. The second-order valence-electron chi connectivity index (χ2n) is 2.41. The summed E-state index contributed by atoms with van der Waals surface area (Å²) < 4.78 is 0.575. The molecule has 1 aliphatic heterocycles. The molecule has 1 amide bonds. The molecule has 9 heavy (non-hydrogen) atoms. The van der Waals surface area contributed by atoms with Crippen molar-refractivity contribution in [3.63, 3.8) is 0 Å². The minimum absolute atomic E-state index is 0.292. The molecule has 0 bridgehead atoms. The fourth-order valence-corrected chi connectivity index (χ4v) is 1.56. The molecule has 1 saturated heterocycles. The predicted octanol–water partition coefficient (Wildman–Crippen LogP) is 1.04.